The van der Waals surface area contributed by atoms with Gasteiger partial charge in [-0.15, -0.1) is 11.3 Å². The Balaban J connectivity index is 0.00000144. The summed E-state index contributed by atoms with van der Waals surface area (Å²) in [6, 6.07) is 13.2. The summed E-state index contributed by atoms with van der Waals surface area (Å²) in [5, 5.41) is 29.0. The van der Waals surface area contributed by atoms with Crippen LogP contribution in [0.3, 0.4) is 0 Å². The molecule has 0 atom stereocenters. The third kappa shape index (κ3) is 3.56. The Kier molecular flexibility index (Phi) is 5.43. The summed E-state index contributed by atoms with van der Waals surface area (Å²) in [7, 11) is 0. The van der Waals surface area contributed by atoms with Gasteiger partial charge in [-0.3, -0.25) is 0 Å². The molecule has 1 aromatic heterocycles. The van der Waals surface area contributed by atoms with Crippen LogP contribution in [0.15, 0.2) is 48.5 Å². The van der Waals surface area contributed by atoms with Gasteiger partial charge in [-0.1, -0.05) is 30.3 Å². The van der Waals surface area contributed by atoms with Gasteiger partial charge in [0.15, 0.2) is 5.69 Å². The molecular weight excluding hydrogens is 325 g/mol. The molecule has 3 aromatic rings. The van der Waals surface area contributed by atoms with Gasteiger partial charge in [0.25, 0.3) is 0 Å². The summed E-state index contributed by atoms with van der Waals surface area (Å²) in [5.74, 6) is -1.34. The molecule has 0 saturated heterocycles. The molecule has 112 valence electrons. The maximum absolute atomic E-state index is 11.4. The van der Waals surface area contributed by atoms with E-state index in [-0.39, 0.29) is 48.2 Å². The number of aromatic hydroxyl groups is 2. The SMILES string of the molecule is O=C(O)c1nc(-c2ccc(O)cc2O)sc1-c1ccccc1.[H-].[Na+]. The van der Waals surface area contributed by atoms with Crippen molar-refractivity contribution in [1.29, 1.82) is 0 Å². The molecule has 0 bridgehead atoms. The Bertz CT molecular complexity index is 855. The second-order valence-electron chi connectivity index (χ2n) is 4.57. The van der Waals surface area contributed by atoms with Crippen LogP contribution in [0, 0.1) is 0 Å². The normalized spacial score (nSPS) is 10.1. The summed E-state index contributed by atoms with van der Waals surface area (Å²) in [6.45, 7) is 0. The van der Waals surface area contributed by atoms with Crippen LogP contribution in [-0.2, 0) is 0 Å². The molecule has 0 aliphatic carbocycles. The van der Waals surface area contributed by atoms with Crippen LogP contribution < -0.4 is 29.6 Å². The van der Waals surface area contributed by atoms with Gasteiger partial charge in [-0.25, -0.2) is 9.78 Å². The van der Waals surface area contributed by atoms with Gasteiger partial charge >= 0.3 is 35.5 Å². The predicted molar refractivity (Wildman–Crippen MR) is 84.4 cm³/mol. The van der Waals surface area contributed by atoms with Crippen LogP contribution in [-0.4, -0.2) is 26.3 Å². The number of carboxylic acids is 1. The van der Waals surface area contributed by atoms with E-state index in [9.17, 15) is 20.1 Å². The number of carboxylic acid groups (broad SMARTS) is 1. The number of phenols is 2. The molecule has 0 aliphatic rings. The third-order valence-corrected chi connectivity index (χ3v) is 4.22. The van der Waals surface area contributed by atoms with Crippen LogP contribution in [0.5, 0.6) is 11.5 Å². The first-order chi connectivity index (χ1) is 10.6. The number of aromatic nitrogens is 1. The molecule has 0 saturated carbocycles. The zero-order valence-corrected chi connectivity index (χ0v) is 15.0. The zero-order chi connectivity index (χ0) is 15.7. The molecular formula is C16H12NNaO4S. The van der Waals surface area contributed by atoms with Gasteiger partial charge in [-0.05, 0) is 17.7 Å². The number of aromatic carboxylic acids is 1. The maximum Gasteiger partial charge on any atom is 1.00 e. The molecule has 0 fully saturated rings. The largest absolute Gasteiger partial charge is 1.00 e. The Morgan fingerprint density at radius 2 is 1.78 bits per heavy atom. The first kappa shape index (κ1) is 17.5. The summed E-state index contributed by atoms with van der Waals surface area (Å²) in [6.07, 6.45) is 0. The fourth-order valence-corrected chi connectivity index (χ4v) is 3.16. The number of hydrogen-bond donors (Lipinski definition) is 3. The van der Waals surface area contributed by atoms with Crippen molar-refractivity contribution in [3.05, 3.63) is 54.2 Å². The predicted octanol–water partition coefficient (Wildman–Crippen LogP) is 0.703. The van der Waals surface area contributed by atoms with E-state index in [4.69, 9.17) is 0 Å². The smallest absolute Gasteiger partial charge is 1.00 e. The van der Waals surface area contributed by atoms with Crippen molar-refractivity contribution >= 4 is 17.3 Å². The minimum atomic E-state index is -1.13. The number of rotatable bonds is 3. The first-order valence-electron chi connectivity index (χ1n) is 6.38. The third-order valence-electron chi connectivity index (χ3n) is 3.08. The van der Waals surface area contributed by atoms with Crippen LogP contribution in [0.4, 0.5) is 0 Å². The van der Waals surface area contributed by atoms with E-state index < -0.39 is 5.97 Å². The monoisotopic (exact) mass is 337 g/mol. The van der Waals surface area contributed by atoms with Gasteiger partial charge in [0.05, 0.1) is 10.4 Å². The second kappa shape index (κ2) is 7.14. The minimum Gasteiger partial charge on any atom is -1.00 e. The van der Waals surface area contributed by atoms with Crippen molar-refractivity contribution in [2.24, 2.45) is 0 Å². The molecule has 23 heavy (non-hydrogen) atoms. The Labute approximate surface area is 159 Å². The summed E-state index contributed by atoms with van der Waals surface area (Å²) in [5.41, 5.74) is 1.08. The van der Waals surface area contributed by atoms with E-state index in [1.54, 1.807) is 12.1 Å². The summed E-state index contributed by atoms with van der Waals surface area (Å²) in [4.78, 5) is 16.1. The molecule has 2 aromatic carbocycles. The van der Waals surface area contributed by atoms with Crippen molar-refractivity contribution in [3.8, 4) is 32.5 Å². The number of nitrogens with zero attached hydrogens (tertiary/aromatic N) is 1. The van der Waals surface area contributed by atoms with E-state index in [0.29, 0.717) is 15.4 Å². The first-order valence-corrected chi connectivity index (χ1v) is 7.20. The summed E-state index contributed by atoms with van der Waals surface area (Å²) >= 11 is 1.18. The van der Waals surface area contributed by atoms with Crippen LogP contribution in [0.1, 0.15) is 11.9 Å². The van der Waals surface area contributed by atoms with E-state index in [1.165, 1.54) is 29.5 Å². The van der Waals surface area contributed by atoms with E-state index in [1.807, 2.05) is 18.2 Å². The van der Waals surface area contributed by atoms with E-state index >= 15 is 0 Å². The molecule has 3 N–H and O–H groups in total. The molecule has 0 spiro atoms. The number of phenolic OH excluding ortho intramolecular Hbond substituents is 2. The van der Waals surface area contributed by atoms with Crippen molar-refractivity contribution in [3.63, 3.8) is 0 Å². The summed E-state index contributed by atoms with van der Waals surface area (Å²) < 4.78 is 0. The van der Waals surface area contributed by atoms with Crippen molar-refractivity contribution in [2.45, 2.75) is 0 Å². The van der Waals surface area contributed by atoms with Gasteiger partial charge in [-0.2, -0.15) is 0 Å². The van der Waals surface area contributed by atoms with Gasteiger partial charge in [0.2, 0.25) is 0 Å². The average molecular weight is 337 g/mol. The van der Waals surface area contributed by atoms with Crippen molar-refractivity contribution in [1.82, 2.24) is 4.98 Å². The molecule has 1 heterocycles. The molecule has 3 rings (SSSR count). The molecule has 0 radical (unpaired) electrons. The number of benzene rings is 2. The van der Waals surface area contributed by atoms with Crippen molar-refractivity contribution < 1.29 is 51.1 Å². The Morgan fingerprint density at radius 3 is 2.39 bits per heavy atom. The topological polar surface area (TPSA) is 90.7 Å². The maximum atomic E-state index is 11.4. The number of hydrogen-bond acceptors (Lipinski definition) is 5. The number of carbonyl (C=O) groups is 1. The van der Waals surface area contributed by atoms with Crippen LogP contribution >= 0.6 is 11.3 Å². The van der Waals surface area contributed by atoms with E-state index in [0.717, 1.165) is 5.56 Å². The molecule has 0 amide bonds. The van der Waals surface area contributed by atoms with Gasteiger partial charge in [0, 0.05) is 6.07 Å². The fourth-order valence-electron chi connectivity index (χ4n) is 2.07. The number of thiazole rings is 1. The molecule has 7 heteroatoms. The molecule has 0 unspecified atom stereocenters. The van der Waals surface area contributed by atoms with E-state index in [2.05, 4.69) is 4.98 Å². The standard InChI is InChI=1S/C16H11NO4S.Na.H/c18-10-6-7-11(12(19)8-10)15-17-13(16(20)21)14(22-15)9-4-2-1-3-5-9;;/h1-8,18-19H,(H,20,21);;/q;+1;-1. The van der Waals surface area contributed by atoms with Crippen LogP contribution in [0.2, 0.25) is 0 Å². The van der Waals surface area contributed by atoms with Crippen LogP contribution in [0.25, 0.3) is 21.0 Å². The Hall–Kier alpha value is -1.86. The Morgan fingerprint density at radius 1 is 1.09 bits per heavy atom. The van der Waals surface area contributed by atoms with Crippen molar-refractivity contribution in [2.75, 3.05) is 0 Å². The molecule has 5 nitrogen and oxygen atoms in total. The average Bonchev–Trinajstić information content (AvgIpc) is 2.93. The fraction of sp³-hybridized carbons (Fsp3) is 0. The zero-order valence-electron chi connectivity index (χ0n) is 13.2. The minimum absolute atomic E-state index is 0. The quantitative estimate of drug-likeness (QED) is 0.612. The molecule has 0 aliphatic heterocycles. The van der Waals surface area contributed by atoms with Gasteiger partial charge in [0.1, 0.15) is 16.5 Å². The van der Waals surface area contributed by atoms with Gasteiger partial charge < -0.3 is 16.7 Å². The second-order valence-corrected chi connectivity index (χ2v) is 5.57.